The van der Waals surface area contributed by atoms with Crippen molar-refractivity contribution < 1.29 is 4.79 Å². The van der Waals surface area contributed by atoms with Crippen LogP contribution in [0, 0.1) is 5.92 Å². The molecule has 0 bridgehead atoms. The van der Waals surface area contributed by atoms with E-state index >= 15 is 0 Å². The number of aliphatic imine (C=N–C) groups is 1. The van der Waals surface area contributed by atoms with Crippen molar-refractivity contribution in [2.24, 2.45) is 10.9 Å². The van der Waals surface area contributed by atoms with Gasteiger partial charge in [-0.3, -0.25) is 9.79 Å². The predicted octanol–water partition coefficient (Wildman–Crippen LogP) is 1.21. The molecular formula is C14H28N4O. The summed E-state index contributed by atoms with van der Waals surface area (Å²) in [5, 5.41) is 6.11. The van der Waals surface area contributed by atoms with E-state index in [2.05, 4.69) is 27.4 Å². The number of guanidine groups is 1. The smallest absolute Gasteiger partial charge is 0.220 e. The molecule has 1 amide bonds. The fraction of sp³-hybridized carbons (Fsp3) is 0.857. The van der Waals surface area contributed by atoms with E-state index in [0.29, 0.717) is 12.3 Å². The van der Waals surface area contributed by atoms with Crippen molar-refractivity contribution in [1.82, 2.24) is 15.5 Å². The Hall–Kier alpha value is -1.26. The first-order chi connectivity index (χ1) is 9.21. The number of amides is 1. The van der Waals surface area contributed by atoms with Crippen LogP contribution in [-0.4, -0.2) is 50.5 Å². The number of unbranched alkanes of at least 4 members (excludes halogenated alkanes) is 1. The highest BCUT2D eigenvalue weighted by Crippen LogP contribution is 2.20. The van der Waals surface area contributed by atoms with Crippen LogP contribution < -0.4 is 10.6 Å². The zero-order chi connectivity index (χ0) is 14.1. The Morgan fingerprint density at radius 3 is 2.58 bits per heavy atom. The minimum atomic E-state index is 0.156. The lowest BCUT2D eigenvalue weighted by molar-refractivity contribution is -0.121. The summed E-state index contributed by atoms with van der Waals surface area (Å²) in [4.78, 5) is 18.0. The Morgan fingerprint density at radius 1 is 1.37 bits per heavy atom. The molecule has 5 heteroatoms. The van der Waals surface area contributed by atoms with Crippen LogP contribution in [0.2, 0.25) is 0 Å². The van der Waals surface area contributed by atoms with Gasteiger partial charge >= 0.3 is 0 Å². The normalized spacial score (nSPS) is 17.4. The molecule has 0 aliphatic carbocycles. The van der Waals surface area contributed by atoms with Crippen molar-refractivity contribution in [2.45, 2.75) is 39.0 Å². The minimum Gasteiger partial charge on any atom is -0.359 e. The molecule has 1 fully saturated rings. The summed E-state index contributed by atoms with van der Waals surface area (Å²) in [6, 6.07) is 0. The summed E-state index contributed by atoms with van der Waals surface area (Å²) in [5.41, 5.74) is 0. The fourth-order valence-electron chi connectivity index (χ4n) is 2.42. The summed E-state index contributed by atoms with van der Waals surface area (Å²) in [5.74, 6) is 1.68. The van der Waals surface area contributed by atoms with Gasteiger partial charge in [0.25, 0.3) is 0 Å². The SMILES string of the molecule is CCCCNC(=NC)N1CCC(CC(=O)NC)CC1. The lowest BCUT2D eigenvalue weighted by Gasteiger charge is -2.34. The maximum atomic E-state index is 11.4. The van der Waals surface area contributed by atoms with Crippen LogP contribution in [0.5, 0.6) is 0 Å². The molecule has 0 radical (unpaired) electrons. The topological polar surface area (TPSA) is 56.7 Å². The van der Waals surface area contributed by atoms with E-state index in [0.717, 1.165) is 38.4 Å². The van der Waals surface area contributed by atoms with E-state index in [-0.39, 0.29) is 5.91 Å². The van der Waals surface area contributed by atoms with E-state index in [1.54, 1.807) is 7.05 Å². The molecule has 0 aromatic carbocycles. The Balaban J connectivity index is 2.33. The molecule has 19 heavy (non-hydrogen) atoms. The molecule has 0 aromatic heterocycles. The number of piperidine rings is 1. The van der Waals surface area contributed by atoms with Gasteiger partial charge in [0, 0.05) is 40.2 Å². The molecular weight excluding hydrogens is 240 g/mol. The highest BCUT2D eigenvalue weighted by molar-refractivity contribution is 5.80. The second kappa shape index (κ2) is 8.77. The van der Waals surface area contributed by atoms with Gasteiger partial charge in [-0.25, -0.2) is 0 Å². The van der Waals surface area contributed by atoms with Crippen molar-refractivity contribution in [2.75, 3.05) is 33.7 Å². The monoisotopic (exact) mass is 268 g/mol. The maximum Gasteiger partial charge on any atom is 0.220 e. The number of rotatable bonds is 5. The van der Waals surface area contributed by atoms with Crippen molar-refractivity contribution in [3.63, 3.8) is 0 Å². The van der Waals surface area contributed by atoms with Gasteiger partial charge in [0.2, 0.25) is 5.91 Å². The molecule has 2 N–H and O–H groups in total. The summed E-state index contributed by atoms with van der Waals surface area (Å²) in [6.45, 7) is 5.16. The summed E-state index contributed by atoms with van der Waals surface area (Å²) >= 11 is 0. The first kappa shape index (κ1) is 15.8. The third-order valence-electron chi connectivity index (χ3n) is 3.69. The number of nitrogens with zero attached hydrogens (tertiary/aromatic N) is 2. The molecule has 5 nitrogen and oxygen atoms in total. The number of carbonyl (C=O) groups is 1. The van der Waals surface area contributed by atoms with Crippen LogP contribution in [0.1, 0.15) is 39.0 Å². The number of likely N-dealkylation sites (tertiary alicyclic amines) is 1. The van der Waals surface area contributed by atoms with Crippen LogP contribution in [0.4, 0.5) is 0 Å². The molecule has 0 saturated carbocycles. The van der Waals surface area contributed by atoms with Gasteiger partial charge in [0.05, 0.1) is 0 Å². The minimum absolute atomic E-state index is 0.156. The Labute approximate surface area is 116 Å². The molecule has 0 aromatic rings. The first-order valence-electron chi connectivity index (χ1n) is 7.37. The third-order valence-corrected chi connectivity index (χ3v) is 3.69. The molecule has 1 saturated heterocycles. The lowest BCUT2D eigenvalue weighted by Crippen LogP contribution is -2.46. The van der Waals surface area contributed by atoms with E-state index in [4.69, 9.17) is 0 Å². The second-order valence-electron chi connectivity index (χ2n) is 5.14. The van der Waals surface area contributed by atoms with Gasteiger partial charge in [-0.1, -0.05) is 13.3 Å². The third kappa shape index (κ3) is 5.49. The summed E-state index contributed by atoms with van der Waals surface area (Å²) in [6.07, 6.45) is 5.17. The Kier molecular flexibility index (Phi) is 7.30. The quantitative estimate of drug-likeness (QED) is 0.448. The van der Waals surface area contributed by atoms with Crippen molar-refractivity contribution in [3.8, 4) is 0 Å². The maximum absolute atomic E-state index is 11.4. The van der Waals surface area contributed by atoms with Crippen LogP contribution >= 0.6 is 0 Å². The van der Waals surface area contributed by atoms with Crippen molar-refractivity contribution in [3.05, 3.63) is 0 Å². The molecule has 1 rings (SSSR count). The van der Waals surface area contributed by atoms with Gasteiger partial charge in [-0.2, -0.15) is 0 Å². The highest BCUT2D eigenvalue weighted by Gasteiger charge is 2.22. The van der Waals surface area contributed by atoms with Crippen LogP contribution in [0.25, 0.3) is 0 Å². The van der Waals surface area contributed by atoms with E-state index in [1.165, 1.54) is 12.8 Å². The molecule has 1 aliphatic heterocycles. The number of hydrogen-bond acceptors (Lipinski definition) is 2. The Morgan fingerprint density at radius 2 is 2.05 bits per heavy atom. The van der Waals surface area contributed by atoms with Gasteiger partial charge in [0.15, 0.2) is 5.96 Å². The van der Waals surface area contributed by atoms with E-state index < -0.39 is 0 Å². The van der Waals surface area contributed by atoms with E-state index in [9.17, 15) is 4.79 Å². The molecule has 0 atom stereocenters. The van der Waals surface area contributed by atoms with Crippen LogP contribution in [0.3, 0.4) is 0 Å². The first-order valence-corrected chi connectivity index (χ1v) is 7.37. The van der Waals surface area contributed by atoms with Gasteiger partial charge < -0.3 is 15.5 Å². The van der Waals surface area contributed by atoms with Crippen LogP contribution in [0.15, 0.2) is 4.99 Å². The number of hydrogen-bond donors (Lipinski definition) is 2. The zero-order valence-electron chi connectivity index (χ0n) is 12.5. The Bertz CT molecular complexity index is 296. The molecule has 110 valence electrons. The molecule has 1 heterocycles. The average molecular weight is 268 g/mol. The number of carbonyl (C=O) groups excluding carboxylic acids is 1. The number of nitrogens with one attached hydrogen (secondary N) is 2. The van der Waals surface area contributed by atoms with Crippen LogP contribution in [-0.2, 0) is 4.79 Å². The van der Waals surface area contributed by atoms with Crippen molar-refractivity contribution >= 4 is 11.9 Å². The van der Waals surface area contributed by atoms with E-state index in [1.807, 2.05) is 7.05 Å². The largest absolute Gasteiger partial charge is 0.359 e. The van der Waals surface area contributed by atoms with Gasteiger partial charge in [-0.15, -0.1) is 0 Å². The second-order valence-corrected chi connectivity index (χ2v) is 5.14. The summed E-state index contributed by atoms with van der Waals surface area (Å²) < 4.78 is 0. The standard InChI is InChI=1S/C14H28N4O/c1-4-5-8-17-14(16-3)18-9-6-12(7-10-18)11-13(19)15-2/h12H,4-11H2,1-3H3,(H,15,19)(H,16,17). The average Bonchev–Trinajstić information content (AvgIpc) is 2.45. The molecule has 1 aliphatic rings. The van der Waals surface area contributed by atoms with Gasteiger partial charge in [-0.05, 0) is 25.2 Å². The zero-order valence-corrected chi connectivity index (χ0v) is 12.5. The van der Waals surface area contributed by atoms with Crippen molar-refractivity contribution in [1.29, 1.82) is 0 Å². The highest BCUT2D eigenvalue weighted by atomic mass is 16.1. The predicted molar refractivity (Wildman–Crippen MR) is 79.3 cm³/mol. The fourth-order valence-corrected chi connectivity index (χ4v) is 2.42. The lowest BCUT2D eigenvalue weighted by atomic mass is 9.93. The van der Waals surface area contributed by atoms with Gasteiger partial charge in [0.1, 0.15) is 0 Å². The molecule has 0 spiro atoms. The molecule has 0 unspecified atom stereocenters. The summed E-state index contributed by atoms with van der Waals surface area (Å²) in [7, 11) is 3.54.